The first-order chi connectivity index (χ1) is 9.74. The second-order valence-electron chi connectivity index (χ2n) is 5.65. The molecule has 7 heteroatoms. The standard InChI is InChI=1S/C14H20N2O4S/c1-11(2)14(18)9-16(10-14)13(17)8-15-21(19,20)12-6-4-3-5-7-12/h3-7,11,15,18H,8-10H2,1-2H3. The molecule has 0 radical (unpaired) electrons. The molecule has 1 fully saturated rings. The molecule has 1 amide bonds. The number of sulfonamides is 1. The Kier molecular flexibility index (Phi) is 4.36. The summed E-state index contributed by atoms with van der Waals surface area (Å²) in [4.78, 5) is 13.5. The summed E-state index contributed by atoms with van der Waals surface area (Å²) in [5.74, 6) is -0.276. The molecule has 116 valence electrons. The second-order valence-corrected chi connectivity index (χ2v) is 7.41. The number of rotatable bonds is 5. The van der Waals surface area contributed by atoms with Crippen molar-refractivity contribution in [1.29, 1.82) is 0 Å². The van der Waals surface area contributed by atoms with E-state index < -0.39 is 15.6 Å². The summed E-state index contributed by atoms with van der Waals surface area (Å²) in [6.07, 6.45) is 0. The molecule has 0 aliphatic carbocycles. The van der Waals surface area contributed by atoms with Gasteiger partial charge in [0.2, 0.25) is 15.9 Å². The summed E-state index contributed by atoms with van der Waals surface area (Å²) in [6.45, 7) is 3.97. The number of hydrogen-bond donors (Lipinski definition) is 2. The van der Waals surface area contributed by atoms with Crippen molar-refractivity contribution in [3.05, 3.63) is 30.3 Å². The van der Waals surface area contributed by atoms with E-state index in [-0.39, 0.29) is 36.4 Å². The third-order valence-corrected chi connectivity index (χ3v) is 5.24. The molecule has 0 spiro atoms. The van der Waals surface area contributed by atoms with Gasteiger partial charge in [-0.1, -0.05) is 32.0 Å². The molecule has 0 atom stereocenters. The molecule has 1 heterocycles. The van der Waals surface area contributed by atoms with Crippen LogP contribution in [0.2, 0.25) is 0 Å². The molecule has 2 rings (SSSR count). The lowest BCUT2D eigenvalue weighted by atomic mass is 9.83. The van der Waals surface area contributed by atoms with Crippen LogP contribution in [0.15, 0.2) is 35.2 Å². The molecule has 0 bridgehead atoms. The molecule has 1 aliphatic rings. The smallest absolute Gasteiger partial charge is 0.241 e. The van der Waals surface area contributed by atoms with Crippen LogP contribution in [-0.2, 0) is 14.8 Å². The Morgan fingerprint density at radius 3 is 2.43 bits per heavy atom. The molecule has 1 saturated heterocycles. The zero-order valence-corrected chi connectivity index (χ0v) is 12.9. The number of hydrogen-bond acceptors (Lipinski definition) is 4. The summed E-state index contributed by atoms with van der Waals surface area (Å²) in [6, 6.07) is 7.89. The molecular formula is C14H20N2O4S. The third-order valence-electron chi connectivity index (χ3n) is 3.82. The van der Waals surface area contributed by atoms with Crippen molar-refractivity contribution in [2.24, 2.45) is 5.92 Å². The van der Waals surface area contributed by atoms with Crippen molar-refractivity contribution >= 4 is 15.9 Å². The van der Waals surface area contributed by atoms with E-state index in [0.29, 0.717) is 0 Å². The van der Waals surface area contributed by atoms with Gasteiger partial charge in [0.05, 0.1) is 24.5 Å². The highest BCUT2D eigenvalue weighted by Crippen LogP contribution is 2.28. The monoisotopic (exact) mass is 312 g/mol. The minimum atomic E-state index is -3.68. The normalized spacial score (nSPS) is 17.6. The van der Waals surface area contributed by atoms with Crippen molar-refractivity contribution in [3.8, 4) is 0 Å². The first kappa shape index (κ1) is 15.9. The Balaban J connectivity index is 1.89. The number of β-amino-alcohol motifs (C(OH)–C–C–N with tert-alkyl or cyclic N) is 1. The number of amides is 1. The fourth-order valence-electron chi connectivity index (χ4n) is 2.11. The minimum Gasteiger partial charge on any atom is -0.386 e. The predicted octanol–water partition coefficient (Wildman–Crippen LogP) is 0.194. The zero-order chi connectivity index (χ0) is 15.7. The summed E-state index contributed by atoms with van der Waals surface area (Å²) >= 11 is 0. The molecule has 6 nitrogen and oxygen atoms in total. The van der Waals surface area contributed by atoms with Gasteiger partial charge in [0.15, 0.2) is 0 Å². The number of nitrogens with one attached hydrogen (secondary N) is 1. The minimum absolute atomic E-state index is 0.0579. The first-order valence-corrected chi connectivity index (χ1v) is 8.28. The number of benzene rings is 1. The lowest BCUT2D eigenvalue weighted by Crippen LogP contribution is -2.67. The van der Waals surface area contributed by atoms with Crippen LogP contribution in [0.25, 0.3) is 0 Å². The maximum atomic E-state index is 12.0. The van der Waals surface area contributed by atoms with Gasteiger partial charge in [0.25, 0.3) is 0 Å². The Bertz CT molecular complexity index is 607. The van der Waals surface area contributed by atoms with E-state index in [1.54, 1.807) is 18.2 Å². The van der Waals surface area contributed by atoms with E-state index in [2.05, 4.69) is 4.72 Å². The highest BCUT2D eigenvalue weighted by molar-refractivity contribution is 7.89. The van der Waals surface area contributed by atoms with E-state index in [1.165, 1.54) is 17.0 Å². The molecule has 0 unspecified atom stereocenters. The predicted molar refractivity (Wildman–Crippen MR) is 78.0 cm³/mol. The third kappa shape index (κ3) is 3.42. The van der Waals surface area contributed by atoms with E-state index in [4.69, 9.17) is 0 Å². The highest BCUT2D eigenvalue weighted by Gasteiger charge is 2.45. The molecule has 2 N–H and O–H groups in total. The van der Waals surface area contributed by atoms with Gasteiger partial charge >= 0.3 is 0 Å². The molecular weight excluding hydrogens is 292 g/mol. The summed E-state index contributed by atoms with van der Waals surface area (Å²) in [5, 5.41) is 10.1. The van der Waals surface area contributed by atoms with Crippen LogP contribution >= 0.6 is 0 Å². The van der Waals surface area contributed by atoms with Gasteiger partial charge in [0.1, 0.15) is 5.60 Å². The Hall–Kier alpha value is -1.44. The topological polar surface area (TPSA) is 86.7 Å². The molecule has 0 saturated carbocycles. The number of nitrogens with zero attached hydrogens (tertiary/aromatic N) is 1. The van der Waals surface area contributed by atoms with Gasteiger partial charge in [-0.25, -0.2) is 13.1 Å². The maximum absolute atomic E-state index is 12.0. The largest absolute Gasteiger partial charge is 0.386 e. The lowest BCUT2D eigenvalue weighted by molar-refractivity contribution is -0.162. The fraction of sp³-hybridized carbons (Fsp3) is 0.500. The van der Waals surface area contributed by atoms with E-state index in [9.17, 15) is 18.3 Å². The summed E-state index contributed by atoms with van der Waals surface area (Å²) in [7, 11) is -3.68. The van der Waals surface area contributed by atoms with Crippen molar-refractivity contribution in [2.75, 3.05) is 19.6 Å². The van der Waals surface area contributed by atoms with Gasteiger partial charge < -0.3 is 10.0 Å². The van der Waals surface area contributed by atoms with Crippen LogP contribution < -0.4 is 4.72 Å². The fourth-order valence-corrected chi connectivity index (χ4v) is 3.10. The lowest BCUT2D eigenvalue weighted by Gasteiger charge is -2.49. The summed E-state index contributed by atoms with van der Waals surface area (Å²) < 4.78 is 26.2. The molecule has 1 aromatic rings. The number of likely N-dealkylation sites (tertiary alicyclic amines) is 1. The molecule has 1 aromatic carbocycles. The number of carbonyl (C=O) groups excluding carboxylic acids is 1. The van der Waals surface area contributed by atoms with Crippen LogP contribution in [0.3, 0.4) is 0 Å². The van der Waals surface area contributed by atoms with Crippen LogP contribution in [-0.4, -0.2) is 49.6 Å². The van der Waals surface area contributed by atoms with Crippen molar-refractivity contribution in [1.82, 2.24) is 9.62 Å². The van der Waals surface area contributed by atoms with Gasteiger partial charge in [-0.05, 0) is 18.1 Å². The van der Waals surface area contributed by atoms with Crippen LogP contribution in [0.4, 0.5) is 0 Å². The van der Waals surface area contributed by atoms with Crippen molar-refractivity contribution < 1.29 is 18.3 Å². The Morgan fingerprint density at radius 1 is 1.33 bits per heavy atom. The second kappa shape index (κ2) is 5.75. The quantitative estimate of drug-likeness (QED) is 0.813. The average Bonchev–Trinajstić information content (AvgIpc) is 2.42. The number of aliphatic hydroxyl groups is 1. The molecule has 21 heavy (non-hydrogen) atoms. The molecule has 1 aliphatic heterocycles. The Morgan fingerprint density at radius 2 is 1.90 bits per heavy atom. The first-order valence-electron chi connectivity index (χ1n) is 6.79. The van der Waals surface area contributed by atoms with E-state index in [0.717, 1.165) is 0 Å². The number of carbonyl (C=O) groups is 1. The SMILES string of the molecule is CC(C)C1(O)CN(C(=O)CNS(=O)(=O)c2ccccc2)C1. The van der Waals surface area contributed by atoms with Gasteiger partial charge in [0, 0.05) is 0 Å². The summed E-state index contributed by atoms with van der Waals surface area (Å²) in [5.41, 5.74) is -0.853. The van der Waals surface area contributed by atoms with Gasteiger partial charge in [-0.3, -0.25) is 4.79 Å². The van der Waals surface area contributed by atoms with Crippen LogP contribution in [0.1, 0.15) is 13.8 Å². The van der Waals surface area contributed by atoms with E-state index >= 15 is 0 Å². The highest BCUT2D eigenvalue weighted by atomic mass is 32.2. The van der Waals surface area contributed by atoms with Crippen LogP contribution in [0, 0.1) is 5.92 Å². The van der Waals surface area contributed by atoms with E-state index in [1.807, 2.05) is 13.8 Å². The van der Waals surface area contributed by atoms with Crippen LogP contribution in [0.5, 0.6) is 0 Å². The Labute approximate surface area is 124 Å². The zero-order valence-electron chi connectivity index (χ0n) is 12.1. The average molecular weight is 312 g/mol. The maximum Gasteiger partial charge on any atom is 0.241 e. The van der Waals surface area contributed by atoms with Crippen molar-refractivity contribution in [2.45, 2.75) is 24.3 Å². The van der Waals surface area contributed by atoms with Gasteiger partial charge in [-0.15, -0.1) is 0 Å². The van der Waals surface area contributed by atoms with Crippen molar-refractivity contribution in [3.63, 3.8) is 0 Å². The molecule has 0 aromatic heterocycles. The van der Waals surface area contributed by atoms with Gasteiger partial charge in [-0.2, -0.15) is 0 Å².